The number of nitrogens with zero attached hydrogens (tertiary/aromatic N) is 4. The number of anilines is 3. The number of fused-ring (bicyclic) bond motifs is 1. The Labute approximate surface area is 194 Å². The summed E-state index contributed by atoms with van der Waals surface area (Å²) in [5, 5.41) is 0. The van der Waals surface area contributed by atoms with Crippen LogP contribution in [0.25, 0.3) is 11.3 Å². The fourth-order valence-electron chi connectivity index (χ4n) is 4.24. The lowest BCUT2D eigenvalue weighted by molar-refractivity contribution is -0.274. The minimum absolute atomic E-state index is 0.260. The second kappa shape index (κ2) is 9.02. The van der Waals surface area contributed by atoms with Gasteiger partial charge in [0.2, 0.25) is 5.95 Å². The first-order chi connectivity index (χ1) is 16.4. The fourth-order valence-corrected chi connectivity index (χ4v) is 4.24. The zero-order valence-electron chi connectivity index (χ0n) is 18.5. The lowest BCUT2D eigenvalue weighted by Crippen LogP contribution is -2.37. The molecule has 0 unspecified atom stereocenters. The monoisotopic (exact) mass is 472 g/mol. The van der Waals surface area contributed by atoms with Crippen LogP contribution in [0.3, 0.4) is 0 Å². The highest BCUT2D eigenvalue weighted by Crippen LogP contribution is 2.40. The number of ether oxygens (including phenoxy) is 3. The minimum atomic E-state index is -4.73. The number of rotatable bonds is 5. The van der Waals surface area contributed by atoms with E-state index in [1.807, 2.05) is 29.2 Å². The van der Waals surface area contributed by atoms with Crippen LogP contribution in [0.5, 0.6) is 11.5 Å². The van der Waals surface area contributed by atoms with Crippen molar-refractivity contribution in [3.05, 3.63) is 54.1 Å². The van der Waals surface area contributed by atoms with Gasteiger partial charge in [0.25, 0.3) is 0 Å². The maximum atomic E-state index is 12.5. The molecule has 3 aromatic rings. The standard InChI is InChI=1S/C24H23F3N4O3/c1-32-19-4-2-3-16(15-19)21-20-9-10-31(17-5-7-18(8-6-17)34-24(25,26)27)22(20)29-23(28-21)30-11-13-33-14-12-30/h2-8,15H,9-14H2,1H3. The molecule has 0 aliphatic carbocycles. The van der Waals surface area contributed by atoms with Gasteiger partial charge in [-0.3, -0.25) is 0 Å². The second-order valence-electron chi connectivity index (χ2n) is 7.95. The minimum Gasteiger partial charge on any atom is -0.497 e. The number of halogens is 3. The Balaban J connectivity index is 1.55. The molecule has 2 aliphatic heterocycles. The Hall–Kier alpha value is -3.53. The van der Waals surface area contributed by atoms with Gasteiger partial charge in [-0.05, 0) is 42.8 Å². The molecule has 34 heavy (non-hydrogen) atoms. The smallest absolute Gasteiger partial charge is 0.497 e. The molecule has 2 aliphatic rings. The zero-order valence-corrected chi connectivity index (χ0v) is 18.5. The van der Waals surface area contributed by atoms with E-state index in [0.29, 0.717) is 45.2 Å². The van der Waals surface area contributed by atoms with E-state index in [-0.39, 0.29) is 5.75 Å². The van der Waals surface area contributed by atoms with Gasteiger partial charge in [-0.15, -0.1) is 13.2 Å². The van der Waals surface area contributed by atoms with E-state index in [9.17, 15) is 13.2 Å². The molecule has 2 aromatic carbocycles. The van der Waals surface area contributed by atoms with Crippen LogP contribution < -0.4 is 19.3 Å². The number of aromatic nitrogens is 2. The van der Waals surface area contributed by atoms with E-state index in [1.54, 1.807) is 19.2 Å². The highest BCUT2D eigenvalue weighted by atomic mass is 19.4. The summed E-state index contributed by atoms with van der Waals surface area (Å²) in [6, 6.07) is 13.6. The molecular weight excluding hydrogens is 449 g/mol. The summed E-state index contributed by atoms with van der Waals surface area (Å²) in [6.07, 6.45) is -4.03. The number of methoxy groups -OCH3 is 1. The van der Waals surface area contributed by atoms with Crippen molar-refractivity contribution in [3.8, 4) is 22.8 Å². The summed E-state index contributed by atoms with van der Waals surface area (Å²) in [6.45, 7) is 3.19. The maximum absolute atomic E-state index is 12.5. The molecule has 10 heteroatoms. The first kappa shape index (κ1) is 22.3. The van der Waals surface area contributed by atoms with Gasteiger partial charge in [0, 0.05) is 36.4 Å². The molecule has 5 rings (SSSR count). The van der Waals surface area contributed by atoms with Crippen LogP contribution in [-0.2, 0) is 11.2 Å². The van der Waals surface area contributed by atoms with Gasteiger partial charge >= 0.3 is 6.36 Å². The van der Waals surface area contributed by atoms with Crippen LogP contribution in [0, 0.1) is 0 Å². The molecule has 1 aromatic heterocycles. The quantitative estimate of drug-likeness (QED) is 0.539. The Kier molecular flexibility index (Phi) is 5.91. The molecular formula is C24H23F3N4O3. The molecule has 3 heterocycles. The van der Waals surface area contributed by atoms with E-state index < -0.39 is 6.36 Å². The van der Waals surface area contributed by atoms with E-state index in [2.05, 4.69) is 9.64 Å². The predicted octanol–water partition coefficient (Wildman–Crippen LogP) is 4.58. The lowest BCUT2D eigenvalue weighted by atomic mass is 10.1. The summed E-state index contributed by atoms with van der Waals surface area (Å²) < 4.78 is 52.5. The van der Waals surface area contributed by atoms with Crippen molar-refractivity contribution in [3.63, 3.8) is 0 Å². The molecule has 1 fully saturated rings. The third kappa shape index (κ3) is 4.58. The Morgan fingerprint density at radius 2 is 1.71 bits per heavy atom. The summed E-state index contributed by atoms with van der Waals surface area (Å²) in [5.41, 5.74) is 3.46. The Bertz CT molecular complexity index is 1170. The Morgan fingerprint density at radius 1 is 0.941 bits per heavy atom. The van der Waals surface area contributed by atoms with Crippen molar-refractivity contribution in [1.82, 2.24) is 9.97 Å². The van der Waals surface area contributed by atoms with Crippen LogP contribution >= 0.6 is 0 Å². The normalized spacial score (nSPS) is 15.9. The Morgan fingerprint density at radius 3 is 2.41 bits per heavy atom. The molecule has 0 spiro atoms. The van der Waals surface area contributed by atoms with Crippen molar-refractivity contribution in [2.24, 2.45) is 0 Å². The van der Waals surface area contributed by atoms with Crippen LogP contribution in [0.15, 0.2) is 48.5 Å². The molecule has 0 atom stereocenters. The predicted molar refractivity (Wildman–Crippen MR) is 121 cm³/mol. The first-order valence-corrected chi connectivity index (χ1v) is 10.9. The van der Waals surface area contributed by atoms with E-state index in [1.165, 1.54) is 12.1 Å². The molecule has 1 saturated heterocycles. The number of alkyl halides is 3. The van der Waals surface area contributed by atoms with Crippen molar-refractivity contribution in [2.45, 2.75) is 12.8 Å². The highest BCUT2D eigenvalue weighted by Gasteiger charge is 2.32. The summed E-state index contributed by atoms with van der Waals surface area (Å²) in [4.78, 5) is 13.9. The van der Waals surface area contributed by atoms with E-state index >= 15 is 0 Å². The van der Waals surface area contributed by atoms with Gasteiger partial charge in [0.05, 0.1) is 26.0 Å². The van der Waals surface area contributed by atoms with Gasteiger partial charge in [-0.2, -0.15) is 4.98 Å². The summed E-state index contributed by atoms with van der Waals surface area (Å²) in [5.74, 6) is 1.82. The van der Waals surface area contributed by atoms with E-state index in [0.717, 1.165) is 34.1 Å². The largest absolute Gasteiger partial charge is 0.573 e. The fraction of sp³-hybridized carbons (Fsp3) is 0.333. The molecule has 0 bridgehead atoms. The zero-order chi connectivity index (χ0) is 23.7. The van der Waals surface area contributed by atoms with Crippen molar-refractivity contribution < 1.29 is 27.4 Å². The van der Waals surface area contributed by atoms with Crippen LogP contribution in [-0.4, -0.2) is 56.3 Å². The van der Waals surface area contributed by atoms with Gasteiger partial charge in [0.1, 0.15) is 17.3 Å². The topological polar surface area (TPSA) is 60.0 Å². The van der Waals surface area contributed by atoms with Gasteiger partial charge in [0.15, 0.2) is 0 Å². The van der Waals surface area contributed by atoms with Crippen molar-refractivity contribution in [1.29, 1.82) is 0 Å². The maximum Gasteiger partial charge on any atom is 0.573 e. The molecule has 0 amide bonds. The van der Waals surface area contributed by atoms with Crippen LogP contribution in [0.1, 0.15) is 5.56 Å². The summed E-state index contributed by atoms with van der Waals surface area (Å²) >= 11 is 0. The number of hydrogen-bond acceptors (Lipinski definition) is 7. The number of benzene rings is 2. The lowest BCUT2D eigenvalue weighted by Gasteiger charge is -2.28. The number of morpholine rings is 1. The molecule has 0 saturated carbocycles. The molecule has 0 N–H and O–H groups in total. The average molecular weight is 472 g/mol. The third-order valence-corrected chi connectivity index (χ3v) is 5.83. The second-order valence-corrected chi connectivity index (χ2v) is 7.95. The summed E-state index contributed by atoms with van der Waals surface area (Å²) in [7, 11) is 1.62. The highest BCUT2D eigenvalue weighted by molar-refractivity contribution is 5.77. The van der Waals surface area contributed by atoms with Gasteiger partial charge in [-0.25, -0.2) is 4.98 Å². The molecule has 7 nitrogen and oxygen atoms in total. The van der Waals surface area contributed by atoms with Crippen LogP contribution in [0.2, 0.25) is 0 Å². The third-order valence-electron chi connectivity index (χ3n) is 5.83. The van der Waals surface area contributed by atoms with E-state index in [4.69, 9.17) is 19.4 Å². The SMILES string of the molecule is COc1cccc(-c2nc(N3CCOCC3)nc3c2CCN3c2ccc(OC(F)(F)F)cc2)c1. The average Bonchev–Trinajstić information content (AvgIpc) is 3.27. The van der Waals surface area contributed by atoms with Crippen molar-refractivity contribution >= 4 is 17.5 Å². The van der Waals surface area contributed by atoms with Crippen LogP contribution in [0.4, 0.5) is 30.6 Å². The molecule has 0 radical (unpaired) electrons. The first-order valence-electron chi connectivity index (χ1n) is 10.9. The molecule has 178 valence electrons. The number of hydrogen-bond donors (Lipinski definition) is 0. The van der Waals surface area contributed by atoms with Crippen molar-refractivity contribution in [2.75, 3.05) is 49.8 Å². The van der Waals surface area contributed by atoms with Gasteiger partial charge in [-0.1, -0.05) is 12.1 Å². The van der Waals surface area contributed by atoms with Gasteiger partial charge < -0.3 is 24.0 Å².